The summed E-state index contributed by atoms with van der Waals surface area (Å²) in [6.07, 6.45) is -2.28. The maximum absolute atomic E-state index is 11.8. The number of nitrogens with one attached hydrogen (secondary N) is 1. The molecule has 1 unspecified atom stereocenters. The monoisotopic (exact) mass is 268 g/mol. The number of hydrogen-bond donors (Lipinski definition) is 1. The van der Waals surface area contributed by atoms with Crippen molar-refractivity contribution in [3.8, 4) is 0 Å². The normalized spacial score (nSPS) is 20.8. The predicted octanol–water partition coefficient (Wildman–Crippen LogP) is 1.02. The minimum atomic E-state index is -4.38. The van der Waals surface area contributed by atoms with Crippen LogP contribution < -0.4 is 5.32 Å². The molecular weight excluding hydrogens is 249 g/mol. The van der Waals surface area contributed by atoms with Gasteiger partial charge in [0.25, 0.3) is 0 Å². The van der Waals surface area contributed by atoms with Crippen molar-refractivity contribution in [1.29, 1.82) is 0 Å². The quantitative estimate of drug-likeness (QED) is 0.809. The fourth-order valence-electron chi connectivity index (χ4n) is 1.93. The van der Waals surface area contributed by atoms with Crippen molar-refractivity contribution in [2.45, 2.75) is 19.0 Å². The van der Waals surface area contributed by atoms with Crippen molar-refractivity contribution in [1.82, 2.24) is 10.2 Å². The number of carbonyl (C=O) groups excluding carboxylic acids is 1. The third kappa shape index (κ3) is 6.20. The molecule has 0 aromatic rings. The number of ether oxygens (including phenoxy) is 1. The van der Waals surface area contributed by atoms with Crippen LogP contribution in [0.2, 0.25) is 0 Å². The maximum atomic E-state index is 11.8. The number of piperidine rings is 1. The van der Waals surface area contributed by atoms with E-state index in [1.165, 1.54) is 4.90 Å². The lowest BCUT2D eigenvalue weighted by Crippen LogP contribution is -2.40. The van der Waals surface area contributed by atoms with Crippen LogP contribution in [0.3, 0.4) is 0 Å². The topological polar surface area (TPSA) is 41.6 Å². The van der Waals surface area contributed by atoms with Crippen LogP contribution >= 0.6 is 0 Å². The second-order valence-electron chi connectivity index (χ2n) is 4.59. The van der Waals surface area contributed by atoms with Crippen LogP contribution in [0.15, 0.2) is 0 Å². The first kappa shape index (κ1) is 15.2. The molecule has 1 heterocycles. The molecule has 0 bridgehead atoms. The molecule has 1 saturated heterocycles. The zero-order chi connectivity index (χ0) is 13.6. The predicted molar refractivity (Wildman–Crippen MR) is 60.1 cm³/mol. The molecule has 0 aromatic heterocycles. The van der Waals surface area contributed by atoms with Crippen LogP contribution in [0.4, 0.5) is 13.2 Å². The molecule has 1 aliphatic rings. The maximum Gasteiger partial charge on any atom is 0.411 e. The second-order valence-corrected chi connectivity index (χ2v) is 4.59. The first-order valence-electron chi connectivity index (χ1n) is 5.97. The summed E-state index contributed by atoms with van der Waals surface area (Å²) in [5, 5.41) is 3.22. The lowest BCUT2D eigenvalue weighted by Gasteiger charge is -2.27. The van der Waals surface area contributed by atoms with E-state index in [2.05, 4.69) is 10.1 Å². The number of nitrogens with zero attached hydrogens (tertiary/aromatic N) is 1. The van der Waals surface area contributed by atoms with E-state index < -0.39 is 25.3 Å². The van der Waals surface area contributed by atoms with Crippen molar-refractivity contribution < 1.29 is 22.7 Å². The van der Waals surface area contributed by atoms with Crippen molar-refractivity contribution >= 4 is 5.91 Å². The largest absolute Gasteiger partial charge is 0.411 e. The second kappa shape index (κ2) is 6.94. The molecule has 1 aliphatic heterocycles. The van der Waals surface area contributed by atoms with Crippen molar-refractivity contribution in [2.24, 2.45) is 5.92 Å². The average Bonchev–Trinajstić information content (AvgIpc) is 2.28. The van der Waals surface area contributed by atoms with E-state index in [1.54, 1.807) is 7.05 Å². The van der Waals surface area contributed by atoms with Crippen LogP contribution in [0.1, 0.15) is 12.8 Å². The molecule has 106 valence electrons. The van der Waals surface area contributed by atoms with E-state index in [9.17, 15) is 18.0 Å². The van der Waals surface area contributed by atoms with Crippen molar-refractivity contribution in [2.75, 3.05) is 39.9 Å². The van der Waals surface area contributed by atoms with Crippen LogP contribution in [0, 0.1) is 5.92 Å². The molecule has 1 fully saturated rings. The number of rotatable bonds is 5. The Hall–Kier alpha value is -0.820. The summed E-state index contributed by atoms with van der Waals surface area (Å²) in [6, 6.07) is 0. The highest BCUT2D eigenvalue weighted by molar-refractivity contribution is 5.77. The fourth-order valence-corrected chi connectivity index (χ4v) is 1.93. The van der Waals surface area contributed by atoms with Gasteiger partial charge in [-0.2, -0.15) is 13.2 Å². The van der Waals surface area contributed by atoms with E-state index in [0.717, 1.165) is 25.9 Å². The van der Waals surface area contributed by atoms with E-state index in [4.69, 9.17) is 0 Å². The van der Waals surface area contributed by atoms with Crippen molar-refractivity contribution in [3.63, 3.8) is 0 Å². The number of hydrogen-bond acceptors (Lipinski definition) is 3. The molecule has 1 amide bonds. The number of carbonyl (C=O) groups is 1. The van der Waals surface area contributed by atoms with Gasteiger partial charge >= 0.3 is 6.18 Å². The summed E-state index contributed by atoms with van der Waals surface area (Å²) < 4.78 is 39.8. The Morgan fingerprint density at radius 2 is 2.22 bits per heavy atom. The summed E-state index contributed by atoms with van der Waals surface area (Å²) >= 11 is 0. The highest BCUT2D eigenvalue weighted by Gasteiger charge is 2.28. The van der Waals surface area contributed by atoms with E-state index in [-0.39, 0.29) is 0 Å². The minimum Gasteiger partial charge on any atom is -0.362 e. The minimum absolute atomic E-state index is 0.371. The molecular formula is C11H19F3N2O2. The first-order valence-corrected chi connectivity index (χ1v) is 5.97. The van der Waals surface area contributed by atoms with Gasteiger partial charge in [0.1, 0.15) is 13.2 Å². The highest BCUT2D eigenvalue weighted by Crippen LogP contribution is 2.14. The molecule has 4 nitrogen and oxygen atoms in total. The number of likely N-dealkylation sites (N-methyl/N-ethyl adjacent to an activating group) is 1. The van der Waals surface area contributed by atoms with Gasteiger partial charge in [-0.15, -0.1) is 0 Å². The fraction of sp³-hybridized carbons (Fsp3) is 0.909. The van der Waals surface area contributed by atoms with E-state index in [0.29, 0.717) is 12.5 Å². The molecule has 1 N–H and O–H groups in total. The number of amides is 1. The molecule has 18 heavy (non-hydrogen) atoms. The Balaban J connectivity index is 2.19. The van der Waals surface area contributed by atoms with Gasteiger partial charge in [-0.05, 0) is 31.8 Å². The van der Waals surface area contributed by atoms with E-state index >= 15 is 0 Å². The van der Waals surface area contributed by atoms with Crippen LogP contribution in [0.5, 0.6) is 0 Å². The number of halogens is 3. The van der Waals surface area contributed by atoms with Crippen LogP contribution in [-0.4, -0.2) is 56.9 Å². The lowest BCUT2D eigenvalue weighted by molar-refractivity contribution is -0.177. The van der Waals surface area contributed by atoms with Gasteiger partial charge in [-0.25, -0.2) is 0 Å². The van der Waals surface area contributed by atoms with Gasteiger partial charge in [0.05, 0.1) is 0 Å². The summed E-state index contributed by atoms with van der Waals surface area (Å²) in [6.45, 7) is 0.499. The Kier molecular flexibility index (Phi) is 5.87. The molecule has 0 aromatic carbocycles. The Morgan fingerprint density at radius 1 is 1.50 bits per heavy atom. The third-order valence-electron chi connectivity index (χ3n) is 2.85. The van der Waals surface area contributed by atoms with Crippen molar-refractivity contribution in [3.05, 3.63) is 0 Å². The molecule has 1 rings (SSSR count). The van der Waals surface area contributed by atoms with Gasteiger partial charge in [0.2, 0.25) is 5.91 Å². The summed E-state index contributed by atoms with van der Waals surface area (Å²) in [4.78, 5) is 13.0. The van der Waals surface area contributed by atoms with Gasteiger partial charge in [-0.3, -0.25) is 4.79 Å². The standard InChI is InChI=1S/C11H19F3N2O2/c1-16(6-9-3-2-4-15-5-9)10(17)7-18-8-11(12,13)14/h9,15H,2-8H2,1H3. The molecule has 0 saturated carbocycles. The van der Waals surface area contributed by atoms with Crippen LogP contribution in [-0.2, 0) is 9.53 Å². The highest BCUT2D eigenvalue weighted by atomic mass is 19.4. The summed E-state index contributed by atoms with van der Waals surface area (Å²) in [7, 11) is 1.59. The number of alkyl halides is 3. The smallest absolute Gasteiger partial charge is 0.362 e. The first-order chi connectivity index (χ1) is 8.38. The molecule has 1 atom stereocenters. The molecule has 0 spiro atoms. The van der Waals surface area contributed by atoms with Crippen LogP contribution in [0.25, 0.3) is 0 Å². The van der Waals surface area contributed by atoms with Gasteiger partial charge in [-0.1, -0.05) is 0 Å². The van der Waals surface area contributed by atoms with E-state index in [1.807, 2.05) is 0 Å². The Labute approximate surface area is 104 Å². The SMILES string of the molecule is CN(CC1CCCNC1)C(=O)COCC(F)(F)F. The average molecular weight is 268 g/mol. The third-order valence-corrected chi connectivity index (χ3v) is 2.85. The Morgan fingerprint density at radius 3 is 2.78 bits per heavy atom. The van der Waals surface area contributed by atoms with Gasteiger partial charge in [0.15, 0.2) is 0 Å². The summed E-state index contributed by atoms with van der Waals surface area (Å²) in [5.74, 6) is -0.0415. The zero-order valence-electron chi connectivity index (χ0n) is 10.4. The Bertz CT molecular complexity index is 266. The lowest BCUT2D eigenvalue weighted by atomic mass is 9.99. The zero-order valence-corrected chi connectivity index (χ0v) is 10.4. The molecule has 7 heteroatoms. The van der Waals surface area contributed by atoms with Gasteiger partial charge < -0.3 is 15.0 Å². The van der Waals surface area contributed by atoms with Gasteiger partial charge in [0, 0.05) is 13.6 Å². The summed E-state index contributed by atoms with van der Waals surface area (Å²) in [5.41, 5.74) is 0. The molecule has 0 radical (unpaired) electrons. The molecule has 0 aliphatic carbocycles.